The van der Waals surface area contributed by atoms with Crippen LogP contribution >= 0.6 is 0 Å². The van der Waals surface area contributed by atoms with Gasteiger partial charge in [0.05, 0.1) is 24.7 Å². The first kappa shape index (κ1) is 17.7. The first-order valence-electron chi connectivity index (χ1n) is 7.88. The molecule has 2 rings (SSSR count). The second-order valence-electron chi connectivity index (χ2n) is 5.61. The highest BCUT2D eigenvalue weighted by atomic mass is 32.2. The Balaban J connectivity index is 1.69. The average Bonchev–Trinajstić information content (AvgIpc) is 2.88. The lowest BCUT2D eigenvalue weighted by Gasteiger charge is -2.27. The van der Waals surface area contributed by atoms with Crippen LogP contribution in [0.4, 0.5) is 4.79 Å². The molecule has 1 aliphatic heterocycles. The Morgan fingerprint density at radius 1 is 1.35 bits per heavy atom. The van der Waals surface area contributed by atoms with E-state index in [0.717, 1.165) is 5.56 Å². The third kappa shape index (κ3) is 5.51. The zero-order valence-corrected chi connectivity index (χ0v) is 14.2. The molecule has 1 atom stereocenters. The van der Waals surface area contributed by atoms with Crippen molar-refractivity contribution in [2.45, 2.75) is 26.0 Å². The molecule has 128 valence electrons. The lowest BCUT2D eigenvalue weighted by molar-refractivity contribution is 0.120. The first-order chi connectivity index (χ1) is 11.0. The van der Waals surface area contributed by atoms with Crippen LogP contribution < -0.4 is 5.32 Å². The van der Waals surface area contributed by atoms with Gasteiger partial charge in [-0.25, -0.2) is 13.2 Å². The molecule has 0 radical (unpaired) electrons. The van der Waals surface area contributed by atoms with Gasteiger partial charge >= 0.3 is 6.03 Å². The van der Waals surface area contributed by atoms with E-state index < -0.39 is 9.84 Å². The minimum atomic E-state index is -2.99. The summed E-state index contributed by atoms with van der Waals surface area (Å²) in [7, 11) is -2.99. The van der Waals surface area contributed by atoms with Crippen LogP contribution in [0.25, 0.3) is 0 Å². The molecule has 1 N–H and O–H groups in total. The zero-order valence-electron chi connectivity index (χ0n) is 13.4. The third-order valence-corrected chi connectivity index (χ3v) is 5.64. The van der Waals surface area contributed by atoms with E-state index in [0.29, 0.717) is 32.7 Å². The highest BCUT2D eigenvalue weighted by Crippen LogP contribution is 2.17. The Labute approximate surface area is 137 Å². The number of carbonyl (C=O) groups excluding carboxylic acids is 1. The van der Waals surface area contributed by atoms with Gasteiger partial charge in [-0.1, -0.05) is 30.3 Å². The van der Waals surface area contributed by atoms with E-state index in [1.54, 1.807) is 4.90 Å². The Morgan fingerprint density at radius 3 is 2.70 bits per heavy atom. The highest BCUT2D eigenvalue weighted by molar-refractivity contribution is 7.91. The second-order valence-corrected chi connectivity index (χ2v) is 7.84. The highest BCUT2D eigenvalue weighted by Gasteiger charge is 2.33. The summed E-state index contributed by atoms with van der Waals surface area (Å²) in [5.41, 5.74) is 1.09. The van der Waals surface area contributed by atoms with Crippen molar-refractivity contribution in [1.82, 2.24) is 10.2 Å². The van der Waals surface area contributed by atoms with E-state index >= 15 is 0 Å². The number of ether oxygens (including phenoxy) is 1. The molecule has 1 aliphatic rings. The van der Waals surface area contributed by atoms with Gasteiger partial charge in [-0.2, -0.15) is 0 Å². The summed E-state index contributed by atoms with van der Waals surface area (Å²) in [5, 5.41) is 2.79. The summed E-state index contributed by atoms with van der Waals surface area (Å²) in [6, 6.07) is 9.39. The van der Waals surface area contributed by atoms with Crippen LogP contribution in [-0.4, -0.2) is 56.6 Å². The Morgan fingerprint density at radius 2 is 2.09 bits per heavy atom. The molecule has 23 heavy (non-hydrogen) atoms. The molecule has 2 amide bonds. The van der Waals surface area contributed by atoms with Crippen molar-refractivity contribution in [1.29, 1.82) is 0 Å². The molecule has 7 heteroatoms. The quantitative estimate of drug-likeness (QED) is 0.762. The number of benzene rings is 1. The molecule has 0 saturated carbocycles. The zero-order chi connectivity index (χ0) is 16.7. The van der Waals surface area contributed by atoms with E-state index in [9.17, 15) is 13.2 Å². The van der Waals surface area contributed by atoms with Gasteiger partial charge in [0.15, 0.2) is 9.84 Å². The second kappa shape index (κ2) is 8.31. The summed E-state index contributed by atoms with van der Waals surface area (Å²) >= 11 is 0. The van der Waals surface area contributed by atoms with E-state index in [-0.39, 0.29) is 23.6 Å². The Kier molecular flexibility index (Phi) is 6.41. The number of sulfone groups is 1. The molecule has 1 aromatic rings. The molecule has 1 fully saturated rings. The van der Waals surface area contributed by atoms with Crippen LogP contribution in [0.3, 0.4) is 0 Å². The molecule has 1 saturated heterocycles. The van der Waals surface area contributed by atoms with Crippen molar-refractivity contribution in [3.05, 3.63) is 35.9 Å². The number of carbonyl (C=O) groups is 1. The summed E-state index contributed by atoms with van der Waals surface area (Å²) < 4.78 is 28.6. The van der Waals surface area contributed by atoms with Crippen molar-refractivity contribution in [3.63, 3.8) is 0 Å². The maximum atomic E-state index is 12.2. The van der Waals surface area contributed by atoms with Gasteiger partial charge < -0.3 is 15.0 Å². The third-order valence-electron chi connectivity index (χ3n) is 3.88. The van der Waals surface area contributed by atoms with E-state index in [1.165, 1.54) is 0 Å². The minimum absolute atomic E-state index is 0.0682. The molecule has 0 unspecified atom stereocenters. The van der Waals surface area contributed by atoms with Crippen molar-refractivity contribution in [3.8, 4) is 0 Å². The largest absolute Gasteiger partial charge is 0.375 e. The molecule has 1 aromatic carbocycles. The summed E-state index contributed by atoms with van der Waals surface area (Å²) in [6.07, 6.45) is 0.522. The van der Waals surface area contributed by atoms with Crippen LogP contribution in [0.15, 0.2) is 30.3 Å². The normalized spacial score (nSPS) is 19.4. The van der Waals surface area contributed by atoms with Crippen molar-refractivity contribution in [2.75, 3.05) is 31.2 Å². The SMILES string of the molecule is CCN(C(=O)NCCOCc1ccccc1)[C@H]1CCS(=O)(=O)C1. The number of nitrogens with zero attached hydrogens (tertiary/aromatic N) is 1. The number of hydrogen-bond donors (Lipinski definition) is 1. The molecule has 6 nitrogen and oxygen atoms in total. The van der Waals surface area contributed by atoms with Crippen molar-refractivity contribution >= 4 is 15.9 Å². The monoisotopic (exact) mass is 340 g/mol. The molecule has 0 aromatic heterocycles. The molecular formula is C16H24N2O4S. The lowest BCUT2D eigenvalue weighted by Crippen LogP contribution is -2.47. The van der Waals surface area contributed by atoms with E-state index in [1.807, 2.05) is 37.3 Å². The number of rotatable bonds is 7. The molecular weight excluding hydrogens is 316 g/mol. The van der Waals surface area contributed by atoms with Crippen LogP contribution in [0.2, 0.25) is 0 Å². The minimum Gasteiger partial charge on any atom is -0.375 e. The van der Waals surface area contributed by atoms with Gasteiger partial charge in [0.25, 0.3) is 0 Å². The summed E-state index contributed by atoms with van der Waals surface area (Å²) in [4.78, 5) is 13.8. The van der Waals surface area contributed by atoms with Gasteiger partial charge in [-0.05, 0) is 18.9 Å². The molecule has 1 heterocycles. The topological polar surface area (TPSA) is 75.7 Å². The fourth-order valence-electron chi connectivity index (χ4n) is 2.68. The Hall–Kier alpha value is -1.60. The maximum absolute atomic E-state index is 12.2. The molecule has 0 bridgehead atoms. The summed E-state index contributed by atoms with van der Waals surface area (Å²) in [6.45, 7) is 3.69. The van der Waals surface area contributed by atoms with E-state index in [4.69, 9.17) is 4.74 Å². The smallest absolute Gasteiger partial charge is 0.317 e. The number of amides is 2. The maximum Gasteiger partial charge on any atom is 0.317 e. The number of nitrogens with one attached hydrogen (secondary N) is 1. The first-order valence-corrected chi connectivity index (χ1v) is 9.70. The van der Waals surface area contributed by atoms with Gasteiger partial charge in [0, 0.05) is 19.1 Å². The van der Waals surface area contributed by atoms with Gasteiger partial charge in [-0.3, -0.25) is 0 Å². The number of urea groups is 1. The average molecular weight is 340 g/mol. The van der Waals surface area contributed by atoms with Gasteiger partial charge in [-0.15, -0.1) is 0 Å². The van der Waals surface area contributed by atoms with Crippen LogP contribution in [0.1, 0.15) is 18.9 Å². The molecule has 0 aliphatic carbocycles. The predicted octanol–water partition coefficient (Wildman–Crippen LogP) is 1.42. The standard InChI is InChI=1S/C16H24N2O4S/c1-2-18(15-8-11-23(20,21)13-15)16(19)17-9-10-22-12-14-6-4-3-5-7-14/h3-7,15H,2,8-13H2,1H3,(H,17,19)/t15-/m0/s1. The fraction of sp³-hybridized carbons (Fsp3) is 0.562. The predicted molar refractivity (Wildman–Crippen MR) is 88.9 cm³/mol. The molecule has 0 spiro atoms. The van der Waals surface area contributed by atoms with Gasteiger partial charge in [0.1, 0.15) is 0 Å². The number of hydrogen-bond acceptors (Lipinski definition) is 4. The lowest BCUT2D eigenvalue weighted by atomic mass is 10.2. The van der Waals surface area contributed by atoms with Gasteiger partial charge in [0.2, 0.25) is 0 Å². The Bertz CT molecular complexity index is 604. The van der Waals surface area contributed by atoms with Crippen LogP contribution in [-0.2, 0) is 21.2 Å². The fourth-order valence-corrected chi connectivity index (χ4v) is 4.42. The van der Waals surface area contributed by atoms with Crippen LogP contribution in [0, 0.1) is 0 Å². The van der Waals surface area contributed by atoms with Crippen LogP contribution in [0.5, 0.6) is 0 Å². The van der Waals surface area contributed by atoms with Crippen molar-refractivity contribution < 1.29 is 17.9 Å². The van der Waals surface area contributed by atoms with E-state index in [2.05, 4.69) is 5.32 Å². The van der Waals surface area contributed by atoms with Crippen molar-refractivity contribution in [2.24, 2.45) is 0 Å². The summed E-state index contributed by atoms with van der Waals surface area (Å²) in [5.74, 6) is 0.237.